The molecule has 0 unspecified atom stereocenters. The Bertz CT molecular complexity index is 887. The Morgan fingerprint density at radius 2 is 1.54 bits per heavy atom. The van der Waals surface area contributed by atoms with Crippen LogP contribution < -0.4 is 4.74 Å². The van der Waals surface area contributed by atoms with E-state index in [4.69, 9.17) is 4.74 Å². The SMILES string of the molecule is O=C(CCc1ccc(S(=O)(=O)N2CCCCCC2)cc1)Oc1ccc(F)cc1. The van der Waals surface area contributed by atoms with Gasteiger partial charge in [-0.05, 0) is 61.2 Å². The van der Waals surface area contributed by atoms with Crippen molar-refractivity contribution in [3.8, 4) is 5.75 Å². The molecule has 1 aliphatic heterocycles. The van der Waals surface area contributed by atoms with Crippen LogP contribution in [0.25, 0.3) is 0 Å². The Hall–Kier alpha value is -2.25. The number of carbonyl (C=O) groups is 1. The van der Waals surface area contributed by atoms with Gasteiger partial charge in [0.2, 0.25) is 10.0 Å². The van der Waals surface area contributed by atoms with Gasteiger partial charge >= 0.3 is 5.97 Å². The molecule has 1 fully saturated rings. The zero-order valence-corrected chi connectivity index (χ0v) is 16.5. The summed E-state index contributed by atoms with van der Waals surface area (Å²) in [6.07, 6.45) is 4.51. The standard InChI is InChI=1S/C21H24FNO4S/c22-18-8-10-19(11-9-18)27-21(24)14-7-17-5-12-20(13-6-17)28(25,26)23-15-3-1-2-4-16-23/h5-6,8-13H,1-4,7,14-16H2. The van der Waals surface area contributed by atoms with Gasteiger partial charge < -0.3 is 4.74 Å². The third-order valence-electron chi connectivity index (χ3n) is 4.79. The minimum atomic E-state index is -3.47. The van der Waals surface area contributed by atoms with E-state index in [1.54, 1.807) is 28.6 Å². The number of hydrogen-bond acceptors (Lipinski definition) is 4. The lowest BCUT2D eigenvalue weighted by molar-refractivity contribution is -0.134. The number of rotatable bonds is 6. The minimum absolute atomic E-state index is 0.148. The maximum absolute atomic E-state index is 12.9. The van der Waals surface area contributed by atoms with Crippen LogP contribution in [0, 0.1) is 5.82 Å². The Labute approximate surface area is 165 Å². The maximum Gasteiger partial charge on any atom is 0.311 e. The highest BCUT2D eigenvalue weighted by Gasteiger charge is 2.24. The van der Waals surface area contributed by atoms with Crippen LogP contribution in [-0.2, 0) is 21.2 Å². The van der Waals surface area contributed by atoms with Gasteiger partial charge in [-0.25, -0.2) is 12.8 Å². The predicted molar refractivity (Wildman–Crippen MR) is 104 cm³/mol. The van der Waals surface area contributed by atoms with Crippen LogP contribution in [0.5, 0.6) is 5.75 Å². The second-order valence-corrected chi connectivity index (χ2v) is 8.83. The molecular weight excluding hydrogens is 381 g/mol. The number of carbonyl (C=O) groups excluding carboxylic acids is 1. The van der Waals surface area contributed by atoms with Crippen molar-refractivity contribution in [1.29, 1.82) is 0 Å². The lowest BCUT2D eigenvalue weighted by Crippen LogP contribution is -2.31. The highest BCUT2D eigenvalue weighted by atomic mass is 32.2. The molecule has 2 aromatic carbocycles. The third-order valence-corrected chi connectivity index (χ3v) is 6.70. The molecule has 150 valence electrons. The summed E-state index contributed by atoms with van der Waals surface area (Å²) >= 11 is 0. The monoisotopic (exact) mass is 405 g/mol. The number of aryl methyl sites for hydroxylation is 1. The van der Waals surface area contributed by atoms with Crippen molar-refractivity contribution in [2.45, 2.75) is 43.4 Å². The maximum atomic E-state index is 12.9. The van der Waals surface area contributed by atoms with Crippen LogP contribution in [0.4, 0.5) is 4.39 Å². The molecule has 5 nitrogen and oxygen atoms in total. The average Bonchev–Trinajstić information content (AvgIpc) is 2.99. The molecule has 7 heteroatoms. The van der Waals surface area contributed by atoms with E-state index in [1.165, 1.54) is 24.3 Å². The van der Waals surface area contributed by atoms with E-state index in [0.717, 1.165) is 31.2 Å². The molecule has 0 bridgehead atoms. The molecule has 1 aliphatic rings. The number of ether oxygens (including phenoxy) is 1. The fourth-order valence-corrected chi connectivity index (χ4v) is 4.71. The van der Waals surface area contributed by atoms with E-state index in [1.807, 2.05) is 0 Å². The molecule has 0 radical (unpaired) electrons. The van der Waals surface area contributed by atoms with E-state index in [9.17, 15) is 17.6 Å². The fourth-order valence-electron chi connectivity index (χ4n) is 3.19. The highest BCUT2D eigenvalue weighted by Crippen LogP contribution is 2.21. The molecule has 1 heterocycles. The van der Waals surface area contributed by atoms with Crippen LogP contribution in [-0.4, -0.2) is 31.8 Å². The van der Waals surface area contributed by atoms with E-state index in [2.05, 4.69) is 0 Å². The Balaban J connectivity index is 1.56. The first-order chi connectivity index (χ1) is 13.4. The molecule has 0 spiro atoms. The van der Waals surface area contributed by atoms with Crippen molar-refractivity contribution in [2.24, 2.45) is 0 Å². The van der Waals surface area contributed by atoms with Gasteiger partial charge in [-0.1, -0.05) is 25.0 Å². The third kappa shape index (κ3) is 5.39. The van der Waals surface area contributed by atoms with Gasteiger partial charge in [0.1, 0.15) is 11.6 Å². The molecule has 0 saturated carbocycles. The van der Waals surface area contributed by atoms with Crippen molar-refractivity contribution in [3.63, 3.8) is 0 Å². The van der Waals surface area contributed by atoms with E-state index >= 15 is 0 Å². The van der Waals surface area contributed by atoms with Gasteiger partial charge in [-0.15, -0.1) is 0 Å². The number of hydrogen-bond donors (Lipinski definition) is 0. The molecule has 0 aliphatic carbocycles. The molecule has 1 saturated heterocycles. The zero-order valence-electron chi connectivity index (χ0n) is 15.6. The molecule has 2 aromatic rings. The Morgan fingerprint density at radius 1 is 0.929 bits per heavy atom. The van der Waals surface area contributed by atoms with Crippen molar-refractivity contribution in [2.75, 3.05) is 13.1 Å². The van der Waals surface area contributed by atoms with Gasteiger partial charge in [0.25, 0.3) is 0 Å². The average molecular weight is 405 g/mol. The summed E-state index contributed by atoms with van der Waals surface area (Å²) in [5.74, 6) is -0.520. The molecule has 0 atom stereocenters. The second-order valence-electron chi connectivity index (χ2n) is 6.89. The summed E-state index contributed by atoms with van der Waals surface area (Å²) in [4.78, 5) is 12.2. The summed E-state index contributed by atoms with van der Waals surface area (Å²) in [5.41, 5.74) is 0.853. The summed E-state index contributed by atoms with van der Waals surface area (Å²) in [7, 11) is -3.47. The number of benzene rings is 2. The lowest BCUT2D eigenvalue weighted by Gasteiger charge is -2.20. The minimum Gasteiger partial charge on any atom is -0.427 e. The van der Waals surface area contributed by atoms with Crippen LogP contribution in [0.3, 0.4) is 0 Å². The highest BCUT2D eigenvalue weighted by molar-refractivity contribution is 7.89. The molecule has 0 N–H and O–H groups in total. The topological polar surface area (TPSA) is 63.7 Å². The largest absolute Gasteiger partial charge is 0.427 e. The second kappa shape index (κ2) is 9.30. The summed E-state index contributed by atoms with van der Waals surface area (Å²) in [6.45, 7) is 1.14. The quantitative estimate of drug-likeness (QED) is 0.540. The van der Waals surface area contributed by atoms with Crippen molar-refractivity contribution >= 4 is 16.0 Å². The van der Waals surface area contributed by atoms with E-state index in [0.29, 0.717) is 25.3 Å². The Kier molecular flexibility index (Phi) is 6.80. The number of halogens is 1. The fraction of sp³-hybridized carbons (Fsp3) is 0.381. The van der Waals surface area contributed by atoms with Crippen molar-refractivity contribution < 1.29 is 22.3 Å². The summed E-state index contributed by atoms with van der Waals surface area (Å²) in [6, 6.07) is 11.9. The van der Waals surface area contributed by atoms with Crippen LogP contribution in [0.1, 0.15) is 37.7 Å². The molecule has 3 rings (SSSR count). The molecule has 0 amide bonds. The van der Waals surface area contributed by atoms with Crippen LogP contribution in [0.2, 0.25) is 0 Å². The molecule has 0 aromatic heterocycles. The van der Waals surface area contributed by atoms with E-state index < -0.39 is 21.8 Å². The van der Waals surface area contributed by atoms with Gasteiger partial charge in [0, 0.05) is 19.5 Å². The zero-order chi connectivity index (χ0) is 20.0. The van der Waals surface area contributed by atoms with Gasteiger partial charge in [-0.2, -0.15) is 4.31 Å². The van der Waals surface area contributed by atoms with Crippen LogP contribution >= 0.6 is 0 Å². The first-order valence-electron chi connectivity index (χ1n) is 9.50. The summed E-state index contributed by atoms with van der Waals surface area (Å²) < 4.78 is 45.1. The van der Waals surface area contributed by atoms with Gasteiger partial charge in [0.15, 0.2) is 0 Å². The predicted octanol–water partition coefficient (Wildman–Crippen LogP) is 3.93. The normalized spacial score (nSPS) is 15.8. The Morgan fingerprint density at radius 3 is 2.14 bits per heavy atom. The lowest BCUT2D eigenvalue weighted by atomic mass is 10.1. The number of esters is 1. The van der Waals surface area contributed by atoms with Crippen LogP contribution in [0.15, 0.2) is 53.4 Å². The molecule has 28 heavy (non-hydrogen) atoms. The van der Waals surface area contributed by atoms with Gasteiger partial charge in [0.05, 0.1) is 4.90 Å². The van der Waals surface area contributed by atoms with Crippen molar-refractivity contribution in [1.82, 2.24) is 4.31 Å². The van der Waals surface area contributed by atoms with E-state index in [-0.39, 0.29) is 11.3 Å². The van der Waals surface area contributed by atoms with Gasteiger partial charge in [-0.3, -0.25) is 4.79 Å². The van der Waals surface area contributed by atoms with Crippen molar-refractivity contribution in [3.05, 3.63) is 59.9 Å². The first kappa shape index (κ1) is 20.5. The first-order valence-corrected chi connectivity index (χ1v) is 10.9. The number of nitrogens with zero attached hydrogens (tertiary/aromatic N) is 1. The molecular formula is C21H24FNO4S. The number of sulfonamides is 1. The smallest absolute Gasteiger partial charge is 0.311 e. The summed E-state index contributed by atoms with van der Waals surface area (Å²) in [5, 5.41) is 0.